The van der Waals surface area contributed by atoms with E-state index in [1.165, 1.54) is 0 Å². The van der Waals surface area contributed by atoms with Gasteiger partial charge in [-0.15, -0.1) is 0 Å². The van der Waals surface area contributed by atoms with E-state index in [-0.39, 0.29) is 0 Å². The molecule has 194 valence electrons. The number of fused-ring (bicyclic) bond motifs is 1. The predicted octanol–water partition coefficient (Wildman–Crippen LogP) is 5.89. The number of pyridine rings is 2. The van der Waals surface area contributed by atoms with Gasteiger partial charge >= 0.3 is 0 Å². The number of nitrogens with one attached hydrogen (secondary N) is 2. The van der Waals surface area contributed by atoms with Crippen molar-refractivity contribution in [3.8, 4) is 6.07 Å². The maximum atomic E-state index is 9.86. The lowest BCUT2D eigenvalue weighted by Crippen LogP contribution is -2.48. The van der Waals surface area contributed by atoms with Gasteiger partial charge < -0.3 is 10.3 Å². The molecule has 0 spiro atoms. The molecule has 0 aliphatic carbocycles. The second-order valence-corrected chi connectivity index (χ2v) is 10.3. The van der Waals surface area contributed by atoms with E-state index in [9.17, 15) is 5.26 Å². The fourth-order valence-electron chi connectivity index (χ4n) is 5.11. The Balaban J connectivity index is 1.38. The molecule has 0 radical (unpaired) electrons. The third kappa shape index (κ3) is 5.47. The first-order chi connectivity index (χ1) is 18.4. The summed E-state index contributed by atoms with van der Waals surface area (Å²) in [5.41, 5.74) is 8.14. The number of aryl methyl sites for hydroxylation is 2. The van der Waals surface area contributed by atoms with Crippen molar-refractivity contribution in [1.29, 1.82) is 5.26 Å². The average molecular weight is 506 g/mol. The zero-order chi connectivity index (χ0) is 26.6. The van der Waals surface area contributed by atoms with Gasteiger partial charge in [0.25, 0.3) is 0 Å². The van der Waals surface area contributed by atoms with E-state index in [4.69, 9.17) is 4.98 Å². The van der Waals surface area contributed by atoms with Crippen LogP contribution in [0.3, 0.4) is 0 Å². The molecule has 7 nitrogen and oxygen atoms in total. The summed E-state index contributed by atoms with van der Waals surface area (Å²) >= 11 is 0. The largest absolute Gasteiger partial charge is 0.361 e. The van der Waals surface area contributed by atoms with Crippen LogP contribution in [0.5, 0.6) is 0 Å². The van der Waals surface area contributed by atoms with Crippen LogP contribution >= 0.6 is 0 Å². The van der Waals surface area contributed by atoms with Crippen molar-refractivity contribution in [2.75, 3.05) is 31.5 Å². The molecule has 1 aromatic carbocycles. The highest BCUT2D eigenvalue weighted by Crippen LogP contribution is 2.32. The van der Waals surface area contributed by atoms with Crippen LogP contribution in [0.4, 0.5) is 11.4 Å². The minimum atomic E-state index is 0.506. The highest BCUT2D eigenvalue weighted by Gasteiger charge is 2.19. The van der Waals surface area contributed by atoms with Crippen LogP contribution < -0.4 is 5.32 Å². The van der Waals surface area contributed by atoms with E-state index >= 15 is 0 Å². The predicted molar refractivity (Wildman–Crippen MR) is 155 cm³/mol. The van der Waals surface area contributed by atoms with Crippen molar-refractivity contribution < 1.29 is 0 Å². The summed E-state index contributed by atoms with van der Waals surface area (Å²) in [6, 6.07) is 15.3. The summed E-state index contributed by atoms with van der Waals surface area (Å²) in [7, 11) is 0. The van der Waals surface area contributed by atoms with Crippen molar-refractivity contribution in [2.24, 2.45) is 0 Å². The normalized spacial score (nSPS) is 14.9. The van der Waals surface area contributed by atoms with Crippen LogP contribution in [-0.2, 0) is 6.54 Å². The molecule has 1 saturated heterocycles. The number of anilines is 2. The molecule has 7 heteroatoms. The summed E-state index contributed by atoms with van der Waals surface area (Å²) < 4.78 is 0. The molecule has 0 saturated carbocycles. The Morgan fingerprint density at radius 3 is 2.66 bits per heavy atom. The number of hydrogen-bond donors (Lipinski definition) is 2. The number of benzene rings is 1. The lowest BCUT2D eigenvalue weighted by molar-refractivity contribution is 0.103. The third-order valence-corrected chi connectivity index (χ3v) is 7.47. The smallest absolute Gasteiger partial charge is 0.103 e. The number of hydrogen-bond acceptors (Lipinski definition) is 6. The Bertz CT molecular complexity index is 1500. The number of rotatable bonds is 7. The van der Waals surface area contributed by atoms with E-state index in [2.05, 4.69) is 76.2 Å². The highest BCUT2D eigenvalue weighted by molar-refractivity contribution is 5.90. The number of nitrogens with zero attached hydrogens (tertiary/aromatic N) is 5. The van der Waals surface area contributed by atoms with Crippen LogP contribution in [-0.4, -0.2) is 57.0 Å². The van der Waals surface area contributed by atoms with Gasteiger partial charge in [-0.2, -0.15) is 5.26 Å². The Hall–Kier alpha value is -3.99. The molecular formula is C31H35N7. The topological polar surface area (TPSA) is 83.9 Å². The molecule has 4 aromatic rings. The Labute approximate surface area is 224 Å². The van der Waals surface area contributed by atoms with E-state index in [0.717, 1.165) is 83.2 Å². The first-order valence-electron chi connectivity index (χ1n) is 13.3. The van der Waals surface area contributed by atoms with Crippen LogP contribution in [0.25, 0.3) is 23.1 Å². The molecule has 1 aliphatic heterocycles. The fraction of sp³-hybridized carbons (Fsp3) is 0.323. The van der Waals surface area contributed by atoms with Gasteiger partial charge in [0.2, 0.25) is 0 Å². The fourth-order valence-corrected chi connectivity index (χ4v) is 5.11. The maximum absolute atomic E-state index is 9.86. The summed E-state index contributed by atoms with van der Waals surface area (Å²) in [5.74, 6) is 0. The Morgan fingerprint density at radius 2 is 1.89 bits per heavy atom. The van der Waals surface area contributed by atoms with Gasteiger partial charge in [0.1, 0.15) is 6.07 Å². The third-order valence-electron chi connectivity index (χ3n) is 7.47. The van der Waals surface area contributed by atoms with Crippen LogP contribution in [0.15, 0.2) is 48.8 Å². The highest BCUT2D eigenvalue weighted by atomic mass is 15.3. The summed E-state index contributed by atoms with van der Waals surface area (Å²) in [5, 5.41) is 14.6. The lowest BCUT2D eigenvalue weighted by Gasteiger charge is -2.36. The summed E-state index contributed by atoms with van der Waals surface area (Å²) in [6.07, 6.45) is 7.61. The first kappa shape index (κ1) is 25.7. The Morgan fingerprint density at radius 1 is 1.08 bits per heavy atom. The number of H-pyrrole nitrogens is 1. The molecule has 2 N–H and O–H groups in total. The molecule has 0 bridgehead atoms. The van der Waals surface area contributed by atoms with Gasteiger partial charge in [-0.05, 0) is 75.7 Å². The Kier molecular flexibility index (Phi) is 7.54. The average Bonchev–Trinajstić information content (AvgIpc) is 3.40. The standard InChI is InChI=1S/C31H35N7/c1-21(2)38-16-14-37(15-17-38)20-26-7-5-6-25(35-26)8-9-28-23(4)34-19-24(18-32)31(28)36-29-10-11-30-27(22(29)3)12-13-33-30/h5-13,19,21,33H,14-17,20H2,1-4H3,(H,34,36). The number of aromatic amines is 1. The van der Waals surface area contributed by atoms with Gasteiger partial charge in [0.15, 0.2) is 0 Å². The zero-order valence-electron chi connectivity index (χ0n) is 22.6. The molecule has 3 aromatic heterocycles. The lowest BCUT2D eigenvalue weighted by atomic mass is 10.0. The number of aromatic nitrogens is 3. The zero-order valence-corrected chi connectivity index (χ0v) is 22.6. The van der Waals surface area contributed by atoms with E-state index in [1.54, 1.807) is 6.20 Å². The van der Waals surface area contributed by atoms with Gasteiger partial charge in [-0.3, -0.25) is 19.8 Å². The minimum Gasteiger partial charge on any atom is -0.361 e. The monoisotopic (exact) mass is 505 g/mol. The molecule has 4 heterocycles. The summed E-state index contributed by atoms with van der Waals surface area (Å²) in [4.78, 5) is 17.7. The molecule has 0 atom stereocenters. The second-order valence-electron chi connectivity index (χ2n) is 10.3. The van der Waals surface area contributed by atoms with Crippen molar-refractivity contribution >= 4 is 34.4 Å². The molecule has 0 amide bonds. The molecule has 38 heavy (non-hydrogen) atoms. The van der Waals surface area contributed by atoms with Crippen molar-refractivity contribution in [2.45, 2.75) is 40.3 Å². The van der Waals surface area contributed by atoms with Crippen molar-refractivity contribution in [3.63, 3.8) is 0 Å². The number of nitriles is 1. The van der Waals surface area contributed by atoms with Gasteiger partial charge in [0, 0.05) is 79.0 Å². The molecule has 5 rings (SSSR count). The van der Waals surface area contributed by atoms with Crippen LogP contribution in [0.1, 0.15) is 47.6 Å². The SMILES string of the molecule is Cc1ncc(C#N)c(Nc2ccc3[nH]ccc3c2C)c1C=Cc1cccc(CN2CCN(C(C)C)CC2)n1. The molecular weight excluding hydrogens is 470 g/mol. The van der Waals surface area contributed by atoms with Gasteiger partial charge in [-0.25, -0.2) is 0 Å². The molecule has 0 unspecified atom stereocenters. The van der Waals surface area contributed by atoms with Gasteiger partial charge in [0.05, 0.1) is 22.6 Å². The van der Waals surface area contributed by atoms with Crippen molar-refractivity contribution in [3.05, 3.63) is 82.6 Å². The van der Waals surface area contributed by atoms with Crippen LogP contribution in [0, 0.1) is 25.2 Å². The van der Waals surface area contributed by atoms with Crippen LogP contribution in [0.2, 0.25) is 0 Å². The second kappa shape index (κ2) is 11.2. The van der Waals surface area contributed by atoms with Gasteiger partial charge in [-0.1, -0.05) is 6.07 Å². The van der Waals surface area contributed by atoms with E-state index < -0.39 is 0 Å². The van der Waals surface area contributed by atoms with E-state index in [1.807, 2.05) is 37.4 Å². The summed E-state index contributed by atoms with van der Waals surface area (Å²) in [6.45, 7) is 13.8. The maximum Gasteiger partial charge on any atom is 0.103 e. The minimum absolute atomic E-state index is 0.506. The first-order valence-corrected chi connectivity index (χ1v) is 13.3. The molecule has 1 aliphatic rings. The quantitative estimate of drug-likeness (QED) is 0.326. The molecule has 1 fully saturated rings. The van der Waals surface area contributed by atoms with Crippen molar-refractivity contribution in [1.82, 2.24) is 24.8 Å². The van der Waals surface area contributed by atoms with E-state index in [0.29, 0.717) is 11.6 Å². The number of piperazine rings is 1.